The molecule has 0 aliphatic rings. The van der Waals surface area contributed by atoms with Gasteiger partial charge in [-0.15, -0.1) is 0 Å². The molecule has 0 bridgehead atoms. The molecule has 0 aromatic heterocycles. The molecule has 0 radical (unpaired) electrons. The van der Waals surface area contributed by atoms with Gasteiger partial charge in [0.25, 0.3) is 0 Å². The minimum atomic E-state index is -1.17. The fourth-order valence-electron chi connectivity index (χ4n) is 2.77. The van der Waals surface area contributed by atoms with Crippen molar-refractivity contribution in [3.05, 3.63) is 35.9 Å². The maximum atomic E-state index is 10.8. The van der Waals surface area contributed by atoms with Crippen molar-refractivity contribution in [1.82, 2.24) is 4.90 Å². The maximum Gasteiger partial charge on any atom is 0.192 e. The van der Waals surface area contributed by atoms with Crippen LogP contribution in [-0.4, -0.2) is 35.2 Å². The molecule has 3 nitrogen and oxygen atoms in total. The van der Waals surface area contributed by atoms with Crippen molar-refractivity contribution in [2.24, 2.45) is 0 Å². The quantitative estimate of drug-likeness (QED) is 0.704. The first-order chi connectivity index (χ1) is 9.90. The number of hydrogen-bond acceptors (Lipinski definition) is 3. The molecule has 1 atom stereocenters. The highest BCUT2D eigenvalue weighted by molar-refractivity contribution is 5.19. The SMILES string of the molecule is CCCC(O)(OCCN(C(C)C)C(C)C)c1ccccc1. The van der Waals surface area contributed by atoms with Crippen molar-refractivity contribution in [2.75, 3.05) is 13.2 Å². The van der Waals surface area contributed by atoms with Crippen LogP contribution in [0.2, 0.25) is 0 Å². The van der Waals surface area contributed by atoms with Crippen LogP contribution in [0, 0.1) is 0 Å². The lowest BCUT2D eigenvalue weighted by Gasteiger charge is -2.33. The minimum absolute atomic E-state index is 0.476. The summed E-state index contributed by atoms with van der Waals surface area (Å²) in [7, 11) is 0. The second-order valence-corrected chi connectivity index (χ2v) is 6.17. The van der Waals surface area contributed by atoms with Crippen LogP contribution in [0.4, 0.5) is 0 Å². The Morgan fingerprint density at radius 2 is 1.67 bits per heavy atom. The van der Waals surface area contributed by atoms with E-state index in [0.29, 0.717) is 25.1 Å². The van der Waals surface area contributed by atoms with E-state index in [0.717, 1.165) is 18.5 Å². The first kappa shape index (κ1) is 18.1. The molecule has 21 heavy (non-hydrogen) atoms. The van der Waals surface area contributed by atoms with Gasteiger partial charge in [-0.05, 0) is 27.7 Å². The number of hydrogen-bond donors (Lipinski definition) is 1. The molecular formula is C18H31NO2. The molecule has 0 amide bonds. The molecule has 1 rings (SSSR count). The van der Waals surface area contributed by atoms with Gasteiger partial charge < -0.3 is 9.84 Å². The third kappa shape index (κ3) is 5.42. The van der Waals surface area contributed by atoms with E-state index >= 15 is 0 Å². The Kier molecular flexibility index (Phi) is 7.36. The lowest BCUT2D eigenvalue weighted by Crippen LogP contribution is -2.41. The molecule has 0 aliphatic heterocycles. The van der Waals surface area contributed by atoms with Crippen LogP contribution in [0.3, 0.4) is 0 Å². The standard InChI is InChI=1S/C18H31NO2/c1-6-12-18(20,17-10-8-7-9-11-17)21-14-13-19(15(2)3)16(4)5/h7-11,15-16,20H,6,12-14H2,1-5H3. The van der Waals surface area contributed by atoms with Crippen LogP contribution < -0.4 is 0 Å². The van der Waals surface area contributed by atoms with E-state index < -0.39 is 5.79 Å². The Bertz CT molecular complexity index is 383. The van der Waals surface area contributed by atoms with Gasteiger partial charge in [-0.1, -0.05) is 43.7 Å². The van der Waals surface area contributed by atoms with Crippen molar-refractivity contribution in [3.63, 3.8) is 0 Å². The van der Waals surface area contributed by atoms with E-state index in [9.17, 15) is 5.11 Å². The van der Waals surface area contributed by atoms with Gasteiger partial charge >= 0.3 is 0 Å². The molecule has 1 aromatic rings. The molecule has 0 saturated carbocycles. The van der Waals surface area contributed by atoms with Crippen molar-refractivity contribution in [3.8, 4) is 0 Å². The smallest absolute Gasteiger partial charge is 0.192 e. The van der Waals surface area contributed by atoms with Crippen LogP contribution in [-0.2, 0) is 10.5 Å². The minimum Gasteiger partial charge on any atom is -0.362 e. The zero-order chi connectivity index (χ0) is 15.9. The number of aliphatic hydroxyl groups is 1. The number of rotatable bonds is 9. The molecule has 0 aliphatic carbocycles. The maximum absolute atomic E-state index is 10.8. The van der Waals surface area contributed by atoms with E-state index in [4.69, 9.17) is 4.74 Å². The molecule has 0 fully saturated rings. The molecule has 1 unspecified atom stereocenters. The number of nitrogens with zero attached hydrogens (tertiary/aromatic N) is 1. The molecule has 1 aromatic carbocycles. The molecule has 0 saturated heterocycles. The van der Waals surface area contributed by atoms with E-state index in [2.05, 4.69) is 39.5 Å². The predicted octanol–water partition coefficient (Wildman–Crippen LogP) is 3.77. The highest BCUT2D eigenvalue weighted by atomic mass is 16.6. The van der Waals surface area contributed by atoms with Crippen LogP contribution in [0.1, 0.15) is 53.0 Å². The Morgan fingerprint density at radius 3 is 2.14 bits per heavy atom. The topological polar surface area (TPSA) is 32.7 Å². The summed E-state index contributed by atoms with van der Waals surface area (Å²) in [5, 5.41) is 10.8. The van der Waals surface area contributed by atoms with Crippen LogP contribution >= 0.6 is 0 Å². The summed E-state index contributed by atoms with van der Waals surface area (Å²) in [5.41, 5.74) is 0.840. The first-order valence-electron chi connectivity index (χ1n) is 8.08. The van der Waals surface area contributed by atoms with Gasteiger partial charge in [-0.25, -0.2) is 0 Å². The largest absolute Gasteiger partial charge is 0.362 e. The lowest BCUT2D eigenvalue weighted by molar-refractivity contribution is -0.219. The predicted molar refractivity (Wildman–Crippen MR) is 88.2 cm³/mol. The second-order valence-electron chi connectivity index (χ2n) is 6.17. The number of ether oxygens (including phenoxy) is 1. The fraction of sp³-hybridized carbons (Fsp3) is 0.667. The molecule has 0 heterocycles. The van der Waals surface area contributed by atoms with Gasteiger partial charge in [0.1, 0.15) is 0 Å². The van der Waals surface area contributed by atoms with E-state index in [1.54, 1.807) is 0 Å². The summed E-state index contributed by atoms with van der Waals surface area (Å²) in [6.45, 7) is 12.2. The average Bonchev–Trinajstić information content (AvgIpc) is 2.44. The van der Waals surface area contributed by atoms with Crippen LogP contribution in [0.15, 0.2) is 30.3 Å². The zero-order valence-electron chi connectivity index (χ0n) is 14.2. The molecule has 0 spiro atoms. The summed E-state index contributed by atoms with van der Waals surface area (Å²) >= 11 is 0. The van der Waals surface area contributed by atoms with Crippen LogP contribution in [0.25, 0.3) is 0 Å². The highest BCUT2D eigenvalue weighted by Crippen LogP contribution is 2.27. The molecule has 1 N–H and O–H groups in total. The molecule has 3 heteroatoms. The molecular weight excluding hydrogens is 262 g/mol. The van der Waals surface area contributed by atoms with Gasteiger partial charge in [0.2, 0.25) is 0 Å². The summed E-state index contributed by atoms with van der Waals surface area (Å²) < 4.78 is 5.90. The van der Waals surface area contributed by atoms with E-state index in [1.165, 1.54) is 0 Å². The third-order valence-corrected chi connectivity index (χ3v) is 3.83. The summed E-state index contributed by atoms with van der Waals surface area (Å²) in [5.74, 6) is -1.17. The third-order valence-electron chi connectivity index (χ3n) is 3.83. The van der Waals surface area contributed by atoms with E-state index in [-0.39, 0.29) is 0 Å². The average molecular weight is 293 g/mol. The number of benzene rings is 1. The van der Waals surface area contributed by atoms with Gasteiger partial charge in [0, 0.05) is 30.6 Å². The van der Waals surface area contributed by atoms with E-state index in [1.807, 2.05) is 30.3 Å². The molecule has 120 valence electrons. The van der Waals surface area contributed by atoms with Crippen molar-refractivity contribution in [1.29, 1.82) is 0 Å². The van der Waals surface area contributed by atoms with Crippen molar-refractivity contribution in [2.45, 2.75) is 65.3 Å². The van der Waals surface area contributed by atoms with Crippen LogP contribution in [0.5, 0.6) is 0 Å². The lowest BCUT2D eigenvalue weighted by atomic mass is 10.0. The Balaban J connectivity index is 2.67. The monoisotopic (exact) mass is 293 g/mol. The second kappa shape index (κ2) is 8.52. The Hall–Kier alpha value is -0.900. The van der Waals surface area contributed by atoms with Crippen molar-refractivity contribution >= 4 is 0 Å². The van der Waals surface area contributed by atoms with Gasteiger partial charge in [0.15, 0.2) is 5.79 Å². The zero-order valence-corrected chi connectivity index (χ0v) is 14.2. The summed E-state index contributed by atoms with van der Waals surface area (Å²) in [6, 6.07) is 10.6. The Labute approximate surface area is 129 Å². The normalized spacial score (nSPS) is 14.9. The Morgan fingerprint density at radius 1 is 1.10 bits per heavy atom. The first-order valence-corrected chi connectivity index (χ1v) is 8.08. The fourth-order valence-corrected chi connectivity index (χ4v) is 2.77. The van der Waals surface area contributed by atoms with Gasteiger partial charge in [-0.3, -0.25) is 4.90 Å². The summed E-state index contributed by atoms with van der Waals surface area (Å²) in [4.78, 5) is 2.37. The van der Waals surface area contributed by atoms with Gasteiger partial charge in [0.05, 0.1) is 6.61 Å². The highest BCUT2D eigenvalue weighted by Gasteiger charge is 2.29. The summed E-state index contributed by atoms with van der Waals surface area (Å²) in [6.07, 6.45) is 1.49. The van der Waals surface area contributed by atoms with Gasteiger partial charge in [-0.2, -0.15) is 0 Å². The van der Waals surface area contributed by atoms with Crippen molar-refractivity contribution < 1.29 is 9.84 Å².